The maximum absolute atomic E-state index is 13.5. The summed E-state index contributed by atoms with van der Waals surface area (Å²) in [6.07, 6.45) is 4.17. The summed E-state index contributed by atoms with van der Waals surface area (Å²) in [4.78, 5) is 36.3. The molecule has 1 aliphatic rings. The standard InChI is InChI=1S/C22H20ClN7O2.H2S/c1-2-17(31)14-12-25-22(24)26-19(14)28-10-9-16(28)20-27-29-11-8-15(23)18(29)21(32)30(20)13-6-4-3-5-7-13;/h3-8,11-12,16H,2,9-10H2,1H3,(H2,24,25,26);1H2/t16-;/m0./s1. The molecule has 0 saturated carbocycles. The summed E-state index contributed by atoms with van der Waals surface area (Å²) in [5.41, 5.74) is 6.96. The lowest BCUT2D eigenvalue weighted by atomic mass is 9.99. The molecule has 4 heterocycles. The molecule has 1 aromatic carbocycles. The van der Waals surface area contributed by atoms with Crippen LogP contribution in [-0.4, -0.2) is 36.5 Å². The topological polar surface area (TPSA) is 111 Å². The van der Waals surface area contributed by atoms with Crippen LogP contribution in [0.3, 0.4) is 0 Å². The number of hydrogen-bond donors (Lipinski definition) is 1. The lowest BCUT2D eigenvalue weighted by molar-refractivity contribution is 0.0987. The molecule has 11 heteroatoms. The van der Waals surface area contributed by atoms with Gasteiger partial charge in [0, 0.05) is 25.4 Å². The first-order chi connectivity index (χ1) is 15.5. The molecule has 2 N–H and O–H groups in total. The minimum Gasteiger partial charge on any atom is -0.368 e. The van der Waals surface area contributed by atoms with E-state index in [9.17, 15) is 9.59 Å². The highest BCUT2D eigenvalue weighted by atomic mass is 35.5. The number of nitrogen functional groups attached to an aromatic ring is 1. The zero-order valence-corrected chi connectivity index (χ0v) is 19.5. The number of carbonyl (C=O) groups excluding carboxylic acids is 1. The molecule has 0 spiro atoms. The minimum absolute atomic E-state index is 0. The Kier molecular flexibility index (Phi) is 6.13. The van der Waals surface area contributed by atoms with Crippen molar-refractivity contribution in [2.45, 2.75) is 25.8 Å². The summed E-state index contributed by atoms with van der Waals surface area (Å²) in [5, 5.41) is 5.08. The SMILES string of the molecule is CCC(=O)c1cnc(N)nc1N1CC[C@H]1c1nn2ccc(Cl)c2c(=O)n1-c1ccccc1.S. The first kappa shape index (κ1) is 22.8. The summed E-state index contributed by atoms with van der Waals surface area (Å²) < 4.78 is 3.08. The third-order valence-corrected chi connectivity index (χ3v) is 5.98. The van der Waals surface area contributed by atoms with E-state index in [4.69, 9.17) is 22.4 Å². The van der Waals surface area contributed by atoms with E-state index in [1.807, 2.05) is 35.2 Å². The van der Waals surface area contributed by atoms with E-state index in [0.717, 1.165) is 6.42 Å². The van der Waals surface area contributed by atoms with Gasteiger partial charge in [0.05, 0.1) is 22.3 Å². The number of nitrogens with zero attached hydrogens (tertiary/aromatic N) is 6. The number of fused-ring (bicyclic) bond motifs is 1. The third kappa shape index (κ3) is 3.75. The van der Waals surface area contributed by atoms with Gasteiger partial charge in [-0.3, -0.25) is 14.2 Å². The van der Waals surface area contributed by atoms with Gasteiger partial charge in [0.1, 0.15) is 11.3 Å². The van der Waals surface area contributed by atoms with Crippen molar-refractivity contribution in [2.75, 3.05) is 17.2 Å². The van der Waals surface area contributed by atoms with Gasteiger partial charge >= 0.3 is 0 Å². The van der Waals surface area contributed by atoms with Crippen LogP contribution in [0, 0.1) is 0 Å². The van der Waals surface area contributed by atoms with Crippen LogP contribution in [0.15, 0.2) is 53.6 Å². The van der Waals surface area contributed by atoms with Crippen molar-refractivity contribution in [3.05, 3.63) is 75.6 Å². The molecular formula is C22H22ClN7O2S. The average Bonchev–Trinajstić information content (AvgIpc) is 3.14. The molecule has 4 aromatic rings. The quantitative estimate of drug-likeness (QED) is 0.434. The number of anilines is 2. The van der Waals surface area contributed by atoms with E-state index in [1.54, 1.807) is 23.8 Å². The molecule has 3 aromatic heterocycles. The summed E-state index contributed by atoms with van der Waals surface area (Å²) >= 11 is 6.28. The smallest absolute Gasteiger partial charge is 0.284 e. The van der Waals surface area contributed by atoms with Gasteiger partial charge in [-0.05, 0) is 24.6 Å². The minimum atomic E-state index is -0.286. The summed E-state index contributed by atoms with van der Waals surface area (Å²) in [7, 11) is 0. The van der Waals surface area contributed by atoms with Gasteiger partial charge in [-0.2, -0.15) is 23.6 Å². The van der Waals surface area contributed by atoms with Crippen molar-refractivity contribution in [3.63, 3.8) is 0 Å². The summed E-state index contributed by atoms with van der Waals surface area (Å²) in [6, 6.07) is 10.6. The second-order valence-corrected chi connectivity index (χ2v) is 7.94. The first-order valence-corrected chi connectivity index (χ1v) is 10.6. The Labute approximate surface area is 201 Å². The van der Waals surface area contributed by atoms with E-state index >= 15 is 0 Å². The lowest BCUT2D eigenvalue weighted by Crippen LogP contribution is -2.46. The Morgan fingerprint density at radius 2 is 2.00 bits per heavy atom. The van der Waals surface area contributed by atoms with Crippen LogP contribution in [0.1, 0.15) is 42.0 Å². The third-order valence-electron chi connectivity index (χ3n) is 5.68. The molecule has 0 bridgehead atoms. The van der Waals surface area contributed by atoms with Crippen LogP contribution in [-0.2, 0) is 0 Å². The van der Waals surface area contributed by atoms with Crippen LogP contribution in [0.4, 0.5) is 11.8 Å². The van der Waals surface area contributed by atoms with E-state index < -0.39 is 0 Å². The molecular weight excluding hydrogens is 462 g/mol. The van der Waals surface area contributed by atoms with Crippen molar-refractivity contribution in [2.24, 2.45) is 0 Å². The number of para-hydroxylation sites is 1. The van der Waals surface area contributed by atoms with Crippen LogP contribution < -0.4 is 16.2 Å². The maximum atomic E-state index is 13.5. The number of carbonyl (C=O) groups is 1. The molecule has 33 heavy (non-hydrogen) atoms. The van der Waals surface area contributed by atoms with Gasteiger partial charge in [-0.1, -0.05) is 36.7 Å². The Bertz CT molecular complexity index is 1400. The molecule has 0 amide bonds. The molecule has 1 fully saturated rings. The first-order valence-electron chi connectivity index (χ1n) is 10.3. The number of halogens is 1. The van der Waals surface area contributed by atoms with Gasteiger partial charge in [-0.25, -0.2) is 9.50 Å². The Balaban J connectivity index is 0.00000259. The molecule has 0 aliphatic carbocycles. The van der Waals surface area contributed by atoms with Crippen molar-refractivity contribution < 1.29 is 4.79 Å². The zero-order valence-electron chi connectivity index (χ0n) is 17.8. The highest BCUT2D eigenvalue weighted by Gasteiger charge is 2.37. The molecule has 9 nitrogen and oxygen atoms in total. The van der Waals surface area contributed by atoms with Gasteiger partial charge in [0.15, 0.2) is 11.6 Å². The van der Waals surface area contributed by atoms with E-state index in [1.165, 1.54) is 10.7 Å². The zero-order chi connectivity index (χ0) is 22.4. The van der Waals surface area contributed by atoms with Crippen molar-refractivity contribution in [3.8, 4) is 5.69 Å². The fourth-order valence-electron chi connectivity index (χ4n) is 3.99. The maximum Gasteiger partial charge on any atom is 0.284 e. The van der Waals surface area contributed by atoms with Crippen LogP contribution in [0.5, 0.6) is 0 Å². The fraction of sp³-hybridized carbons (Fsp3) is 0.227. The lowest BCUT2D eigenvalue weighted by Gasteiger charge is -2.42. The van der Waals surface area contributed by atoms with Crippen molar-refractivity contribution in [1.29, 1.82) is 0 Å². The van der Waals surface area contributed by atoms with Crippen LogP contribution in [0.25, 0.3) is 11.2 Å². The number of benzene rings is 1. The summed E-state index contributed by atoms with van der Waals surface area (Å²) in [5.74, 6) is 0.991. The average molecular weight is 484 g/mol. The number of rotatable bonds is 5. The Hall–Kier alpha value is -3.37. The Morgan fingerprint density at radius 3 is 2.67 bits per heavy atom. The van der Waals surface area contributed by atoms with E-state index in [0.29, 0.717) is 46.4 Å². The monoisotopic (exact) mass is 483 g/mol. The predicted molar refractivity (Wildman–Crippen MR) is 132 cm³/mol. The molecule has 170 valence electrons. The number of nitrogens with two attached hydrogens (primary N) is 1. The van der Waals surface area contributed by atoms with Gasteiger partial charge < -0.3 is 10.6 Å². The van der Waals surface area contributed by atoms with Crippen molar-refractivity contribution >= 4 is 48.2 Å². The molecule has 0 unspecified atom stereocenters. The van der Waals surface area contributed by atoms with E-state index in [-0.39, 0.29) is 36.8 Å². The van der Waals surface area contributed by atoms with Crippen LogP contribution >= 0.6 is 25.1 Å². The second-order valence-electron chi connectivity index (χ2n) is 7.53. The summed E-state index contributed by atoms with van der Waals surface area (Å²) in [6.45, 7) is 2.43. The number of ketones is 1. The molecule has 5 rings (SSSR count). The predicted octanol–water partition coefficient (Wildman–Crippen LogP) is 3.17. The molecule has 0 radical (unpaired) electrons. The fourth-order valence-corrected chi connectivity index (χ4v) is 4.21. The van der Waals surface area contributed by atoms with Crippen LogP contribution in [0.2, 0.25) is 5.02 Å². The molecule has 1 aliphatic heterocycles. The van der Waals surface area contributed by atoms with Gasteiger partial charge in [-0.15, -0.1) is 0 Å². The van der Waals surface area contributed by atoms with Gasteiger partial charge in [0.25, 0.3) is 5.56 Å². The number of aromatic nitrogens is 5. The highest BCUT2D eigenvalue weighted by molar-refractivity contribution is 7.59. The molecule has 1 atom stereocenters. The second kappa shape index (κ2) is 8.87. The highest BCUT2D eigenvalue weighted by Crippen LogP contribution is 2.38. The largest absolute Gasteiger partial charge is 0.368 e. The molecule has 1 saturated heterocycles. The normalized spacial score (nSPS) is 15.2. The Morgan fingerprint density at radius 1 is 1.24 bits per heavy atom. The number of hydrogen-bond acceptors (Lipinski definition) is 7. The van der Waals surface area contributed by atoms with E-state index in [2.05, 4.69) is 9.97 Å². The van der Waals surface area contributed by atoms with Gasteiger partial charge in [0.2, 0.25) is 5.95 Å². The number of Topliss-reactive ketones (excluding diaryl/α,β-unsaturated/α-hetero) is 1. The van der Waals surface area contributed by atoms with Crippen molar-refractivity contribution in [1.82, 2.24) is 24.1 Å².